The Morgan fingerprint density at radius 2 is 2.06 bits per heavy atom. The number of hydrogen-bond donors (Lipinski definition) is 3. The second kappa shape index (κ2) is 4.57. The van der Waals surface area contributed by atoms with E-state index in [-0.39, 0.29) is 11.5 Å². The normalized spacial score (nSPS) is 22.8. The van der Waals surface area contributed by atoms with E-state index in [1.807, 2.05) is 6.07 Å². The van der Waals surface area contributed by atoms with Crippen LogP contribution in [0.5, 0.6) is 11.5 Å². The molecule has 3 N–H and O–H groups in total. The van der Waals surface area contributed by atoms with Gasteiger partial charge < -0.3 is 15.5 Å². The molecule has 0 saturated heterocycles. The van der Waals surface area contributed by atoms with Crippen LogP contribution in [0.2, 0.25) is 0 Å². The lowest BCUT2D eigenvalue weighted by Gasteiger charge is -2.28. The average molecular weight is 235 g/mol. The van der Waals surface area contributed by atoms with Crippen LogP contribution in [0.15, 0.2) is 18.2 Å². The van der Waals surface area contributed by atoms with Gasteiger partial charge in [0.2, 0.25) is 0 Å². The molecule has 17 heavy (non-hydrogen) atoms. The van der Waals surface area contributed by atoms with Gasteiger partial charge in [-0.05, 0) is 36.0 Å². The minimum atomic E-state index is -0.0602. The summed E-state index contributed by atoms with van der Waals surface area (Å²) < 4.78 is 0. The molecule has 0 spiro atoms. The maximum atomic E-state index is 9.42. The van der Waals surface area contributed by atoms with Crippen LogP contribution in [0, 0.1) is 5.41 Å². The molecule has 3 nitrogen and oxygen atoms in total. The summed E-state index contributed by atoms with van der Waals surface area (Å²) in [5.74, 6) is -0.107. The molecule has 0 heterocycles. The summed E-state index contributed by atoms with van der Waals surface area (Å²) in [7, 11) is 0. The van der Waals surface area contributed by atoms with Gasteiger partial charge >= 0.3 is 0 Å². The van der Waals surface area contributed by atoms with Crippen molar-refractivity contribution >= 4 is 0 Å². The Hall–Kier alpha value is -1.22. The van der Waals surface area contributed by atoms with Crippen LogP contribution < -0.4 is 5.32 Å². The first kappa shape index (κ1) is 12.2. The highest BCUT2D eigenvalue weighted by Crippen LogP contribution is 2.37. The molecule has 1 aromatic rings. The summed E-state index contributed by atoms with van der Waals surface area (Å²) in [5, 5.41) is 22.2. The predicted octanol–water partition coefficient (Wildman–Crippen LogP) is 2.77. The molecule has 1 atom stereocenters. The van der Waals surface area contributed by atoms with Gasteiger partial charge in [0.25, 0.3) is 0 Å². The topological polar surface area (TPSA) is 52.5 Å². The van der Waals surface area contributed by atoms with Crippen LogP contribution in [0.25, 0.3) is 0 Å². The molecule has 1 aliphatic rings. The lowest BCUT2D eigenvalue weighted by molar-refractivity contribution is 0.282. The van der Waals surface area contributed by atoms with E-state index in [9.17, 15) is 10.2 Å². The van der Waals surface area contributed by atoms with Gasteiger partial charge in [-0.25, -0.2) is 0 Å². The zero-order valence-corrected chi connectivity index (χ0v) is 10.5. The van der Waals surface area contributed by atoms with E-state index >= 15 is 0 Å². The molecule has 3 heteroatoms. The van der Waals surface area contributed by atoms with E-state index in [1.54, 1.807) is 6.07 Å². The number of phenols is 2. The Bertz CT molecular complexity index is 401. The van der Waals surface area contributed by atoms with Gasteiger partial charge in [0.15, 0.2) is 11.5 Å². The smallest absolute Gasteiger partial charge is 0.157 e. The molecule has 0 radical (unpaired) electrons. The highest BCUT2D eigenvalue weighted by molar-refractivity contribution is 5.40. The van der Waals surface area contributed by atoms with Crippen LogP contribution in [0.4, 0.5) is 0 Å². The Labute approximate surface area is 102 Å². The van der Waals surface area contributed by atoms with E-state index in [0.29, 0.717) is 11.5 Å². The lowest BCUT2D eigenvalue weighted by Crippen LogP contribution is -2.37. The summed E-state index contributed by atoms with van der Waals surface area (Å²) in [6, 6.07) is 5.53. The van der Waals surface area contributed by atoms with E-state index in [1.165, 1.54) is 25.3 Å². The summed E-state index contributed by atoms with van der Waals surface area (Å²) in [5.41, 5.74) is 1.36. The first-order chi connectivity index (χ1) is 7.99. The first-order valence-electron chi connectivity index (χ1n) is 6.23. The third-order valence-electron chi connectivity index (χ3n) is 3.85. The van der Waals surface area contributed by atoms with Gasteiger partial charge in [-0.3, -0.25) is 0 Å². The number of rotatable bonds is 3. The highest BCUT2D eigenvalue weighted by atomic mass is 16.3. The van der Waals surface area contributed by atoms with Crippen molar-refractivity contribution in [1.82, 2.24) is 5.32 Å². The maximum Gasteiger partial charge on any atom is 0.157 e. The van der Waals surface area contributed by atoms with E-state index in [4.69, 9.17) is 0 Å². The van der Waals surface area contributed by atoms with Gasteiger partial charge in [-0.2, -0.15) is 0 Å². The van der Waals surface area contributed by atoms with Crippen molar-refractivity contribution in [3.8, 4) is 11.5 Å². The number of benzene rings is 1. The van der Waals surface area contributed by atoms with Crippen LogP contribution >= 0.6 is 0 Å². The van der Waals surface area contributed by atoms with Gasteiger partial charge in [-0.1, -0.05) is 26.3 Å². The van der Waals surface area contributed by atoms with Crippen LogP contribution in [0.3, 0.4) is 0 Å². The van der Waals surface area contributed by atoms with Crippen molar-refractivity contribution in [3.05, 3.63) is 23.8 Å². The van der Waals surface area contributed by atoms with Gasteiger partial charge in [0.05, 0.1) is 0 Å². The van der Waals surface area contributed by atoms with Gasteiger partial charge in [-0.15, -0.1) is 0 Å². The summed E-state index contributed by atoms with van der Waals surface area (Å²) >= 11 is 0. The fraction of sp³-hybridized carbons (Fsp3) is 0.571. The molecule has 1 saturated carbocycles. The Balaban J connectivity index is 1.96. The molecule has 1 fully saturated rings. The second-order valence-corrected chi connectivity index (χ2v) is 5.64. The highest BCUT2D eigenvalue weighted by Gasteiger charge is 2.33. The van der Waals surface area contributed by atoms with Crippen molar-refractivity contribution in [3.63, 3.8) is 0 Å². The lowest BCUT2D eigenvalue weighted by atomic mass is 9.87. The van der Waals surface area contributed by atoms with Crippen molar-refractivity contribution < 1.29 is 10.2 Å². The molecule has 0 bridgehead atoms. The van der Waals surface area contributed by atoms with Crippen molar-refractivity contribution in [1.29, 1.82) is 0 Å². The third kappa shape index (κ3) is 2.72. The van der Waals surface area contributed by atoms with Crippen molar-refractivity contribution in [2.45, 2.75) is 45.7 Å². The van der Waals surface area contributed by atoms with Crippen molar-refractivity contribution in [2.24, 2.45) is 5.41 Å². The van der Waals surface area contributed by atoms with E-state index in [2.05, 4.69) is 19.2 Å². The summed E-state index contributed by atoms with van der Waals surface area (Å²) in [4.78, 5) is 0. The summed E-state index contributed by atoms with van der Waals surface area (Å²) in [6.07, 6.45) is 3.77. The maximum absolute atomic E-state index is 9.42. The number of phenolic OH excluding ortho intramolecular Hbond substituents is 2. The molecule has 1 aliphatic carbocycles. The monoisotopic (exact) mass is 235 g/mol. The minimum Gasteiger partial charge on any atom is -0.504 e. The Morgan fingerprint density at radius 1 is 1.29 bits per heavy atom. The Morgan fingerprint density at radius 3 is 2.65 bits per heavy atom. The molecule has 2 rings (SSSR count). The molecule has 0 aliphatic heterocycles. The average Bonchev–Trinajstić information content (AvgIpc) is 2.60. The predicted molar refractivity (Wildman–Crippen MR) is 68.0 cm³/mol. The number of aromatic hydroxyl groups is 2. The molecular formula is C14H21NO2. The SMILES string of the molecule is CC1(C)CCCC1NCc1ccc(O)c(O)c1. The molecule has 1 aromatic carbocycles. The largest absolute Gasteiger partial charge is 0.504 e. The van der Waals surface area contributed by atoms with Crippen molar-refractivity contribution in [2.75, 3.05) is 0 Å². The zero-order valence-electron chi connectivity index (χ0n) is 10.5. The molecule has 0 aromatic heterocycles. The fourth-order valence-corrected chi connectivity index (χ4v) is 2.63. The zero-order chi connectivity index (χ0) is 12.5. The third-order valence-corrected chi connectivity index (χ3v) is 3.85. The quantitative estimate of drug-likeness (QED) is 0.706. The standard InChI is InChI=1S/C14H21NO2/c1-14(2)7-3-4-13(14)15-9-10-5-6-11(16)12(17)8-10/h5-6,8,13,15-17H,3-4,7,9H2,1-2H3. The first-order valence-corrected chi connectivity index (χ1v) is 6.23. The van der Waals surface area contributed by atoms with E-state index in [0.717, 1.165) is 12.1 Å². The Kier molecular flexibility index (Phi) is 3.29. The molecule has 0 amide bonds. The van der Waals surface area contributed by atoms with E-state index < -0.39 is 0 Å². The number of hydrogen-bond acceptors (Lipinski definition) is 3. The molecular weight excluding hydrogens is 214 g/mol. The van der Waals surface area contributed by atoms with Gasteiger partial charge in [0.1, 0.15) is 0 Å². The fourth-order valence-electron chi connectivity index (χ4n) is 2.63. The van der Waals surface area contributed by atoms with Crippen LogP contribution in [0.1, 0.15) is 38.7 Å². The van der Waals surface area contributed by atoms with Crippen LogP contribution in [-0.4, -0.2) is 16.3 Å². The number of nitrogens with one attached hydrogen (secondary N) is 1. The molecule has 1 unspecified atom stereocenters. The minimum absolute atomic E-state index is 0.0463. The van der Waals surface area contributed by atoms with Crippen LogP contribution in [-0.2, 0) is 6.54 Å². The second-order valence-electron chi connectivity index (χ2n) is 5.64. The summed E-state index contributed by atoms with van der Waals surface area (Å²) in [6.45, 7) is 5.33. The van der Waals surface area contributed by atoms with Gasteiger partial charge in [0, 0.05) is 12.6 Å². The molecule has 94 valence electrons.